The van der Waals surface area contributed by atoms with Gasteiger partial charge in [-0.15, -0.1) is 0 Å². The van der Waals surface area contributed by atoms with Crippen molar-refractivity contribution >= 4 is 45.1 Å². The first-order chi connectivity index (χ1) is 9.12. The normalized spacial score (nSPS) is 10.3. The van der Waals surface area contributed by atoms with Crippen LogP contribution in [0.3, 0.4) is 0 Å². The molecule has 0 amide bonds. The number of halogens is 2. The molecule has 0 saturated carbocycles. The molecule has 0 aliphatic heterocycles. The average Bonchev–Trinajstić information content (AvgIpc) is 2.40. The Morgan fingerprint density at radius 1 is 1.21 bits per heavy atom. The monoisotopic (exact) mass is 341 g/mol. The molecule has 0 fully saturated rings. The summed E-state index contributed by atoms with van der Waals surface area (Å²) in [6.45, 7) is 2.09. The van der Waals surface area contributed by atoms with Gasteiger partial charge in [0.2, 0.25) is 17.2 Å². The fourth-order valence-corrected chi connectivity index (χ4v) is 2.18. The van der Waals surface area contributed by atoms with Crippen molar-refractivity contribution < 1.29 is 0 Å². The molecule has 100 valence electrons. The molecule has 0 aliphatic carbocycles. The highest BCUT2D eigenvalue weighted by Crippen LogP contribution is 2.24. The number of benzene rings is 1. The Morgan fingerprint density at radius 2 is 1.95 bits per heavy atom. The Bertz CT molecular complexity index is 590. The summed E-state index contributed by atoms with van der Waals surface area (Å²) >= 11 is 9.30. The molecule has 1 aromatic carbocycles. The summed E-state index contributed by atoms with van der Waals surface area (Å²) in [5.74, 6) is 0.846. The van der Waals surface area contributed by atoms with Gasteiger partial charge in [0, 0.05) is 17.2 Å². The van der Waals surface area contributed by atoms with Crippen LogP contribution in [0.5, 0.6) is 0 Å². The number of hydrogen-bond donors (Lipinski definition) is 2. The van der Waals surface area contributed by atoms with Crippen molar-refractivity contribution in [3.63, 3.8) is 0 Å². The van der Waals surface area contributed by atoms with Crippen LogP contribution in [0.25, 0.3) is 0 Å². The molecular formula is C12H13BrClN5. The zero-order valence-corrected chi connectivity index (χ0v) is 12.9. The van der Waals surface area contributed by atoms with Crippen molar-refractivity contribution in [3.05, 3.63) is 33.5 Å². The van der Waals surface area contributed by atoms with Gasteiger partial charge in [0.25, 0.3) is 0 Å². The van der Waals surface area contributed by atoms with Crippen LogP contribution < -0.4 is 10.6 Å². The Morgan fingerprint density at radius 3 is 2.63 bits per heavy atom. The fourth-order valence-electron chi connectivity index (χ4n) is 1.61. The highest BCUT2D eigenvalue weighted by Gasteiger charge is 2.07. The largest absolute Gasteiger partial charge is 0.357 e. The Kier molecular flexibility index (Phi) is 4.55. The van der Waals surface area contributed by atoms with Gasteiger partial charge < -0.3 is 10.6 Å². The van der Waals surface area contributed by atoms with Crippen LogP contribution in [0, 0.1) is 0 Å². The van der Waals surface area contributed by atoms with Gasteiger partial charge in [0.05, 0.1) is 0 Å². The van der Waals surface area contributed by atoms with Crippen molar-refractivity contribution in [1.29, 1.82) is 0 Å². The standard InChI is InChI=1S/C12H13BrClN5/c1-3-7-6-8(13)4-5-9(7)16-12-18-10(14)17-11(15-2)19-12/h4-6H,3H2,1-2H3,(H2,15,16,17,18,19). The van der Waals surface area contributed by atoms with E-state index < -0.39 is 0 Å². The number of aromatic nitrogens is 3. The summed E-state index contributed by atoms with van der Waals surface area (Å²) in [5.41, 5.74) is 2.12. The summed E-state index contributed by atoms with van der Waals surface area (Å²) in [4.78, 5) is 12.2. The molecule has 2 rings (SSSR count). The van der Waals surface area contributed by atoms with Crippen LogP contribution >= 0.6 is 27.5 Å². The number of nitrogens with zero attached hydrogens (tertiary/aromatic N) is 3. The molecular weight excluding hydrogens is 330 g/mol. The van der Waals surface area contributed by atoms with Gasteiger partial charge in [-0.1, -0.05) is 22.9 Å². The van der Waals surface area contributed by atoms with E-state index in [9.17, 15) is 0 Å². The Balaban J connectivity index is 2.33. The quantitative estimate of drug-likeness (QED) is 0.888. The number of nitrogens with one attached hydrogen (secondary N) is 2. The van der Waals surface area contributed by atoms with Gasteiger partial charge >= 0.3 is 0 Å². The molecule has 19 heavy (non-hydrogen) atoms. The lowest BCUT2D eigenvalue weighted by Crippen LogP contribution is -2.04. The maximum absolute atomic E-state index is 5.84. The van der Waals surface area contributed by atoms with E-state index in [-0.39, 0.29) is 5.28 Å². The summed E-state index contributed by atoms with van der Waals surface area (Å²) < 4.78 is 1.04. The maximum atomic E-state index is 5.84. The van der Waals surface area contributed by atoms with E-state index in [0.717, 1.165) is 22.1 Å². The molecule has 0 atom stereocenters. The second kappa shape index (κ2) is 6.16. The van der Waals surface area contributed by atoms with Crippen LogP contribution in [0.2, 0.25) is 5.28 Å². The van der Waals surface area contributed by atoms with Crippen molar-refractivity contribution in [3.8, 4) is 0 Å². The van der Waals surface area contributed by atoms with Gasteiger partial charge in [-0.25, -0.2) is 0 Å². The third kappa shape index (κ3) is 3.54. The van der Waals surface area contributed by atoms with E-state index in [1.165, 1.54) is 0 Å². The van der Waals surface area contributed by atoms with Crippen LogP contribution in [-0.4, -0.2) is 22.0 Å². The zero-order valence-electron chi connectivity index (χ0n) is 10.5. The minimum atomic E-state index is 0.150. The van der Waals surface area contributed by atoms with Crippen molar-refractivity contribution in [2.24, 2.45) is 0 Å². The molecule has 0 unspecified atom stereocenters. The highest BCUT2D eigenvalue weighted by molar-refractivity contribution is 9.10. The highest BCUT2D eigenvalue weighted by atomic mass is 79.9. The summed E-state index contributed by atoms with van der Waals surface area (Å²) in [5, 5.41) is 6.15. The molecule has 2 N–H and O–H groups in total. The fraction of sp³-hybridized carbons (Fsp3) is 0.250. The van der Waals surface area contributed by atoms with Crippen LogP contribution in [-0.2, 0) is 6.42 Å². The van der Waals surface area contributed by atoms with E-state index >= 15 is 0 Å². The minimum Gasteiger partial charge on any atom is -0.357 e. The van der Waals surface area contributed by atoms with Crippen molar-refractivity contribution in [2.45, 2.75) is 13.3 Å². The lowest BCUT2D eigenvalue weighted by atomic mass is 10.1. The van der Waals surface area contributed by atoms with Crippen molar-refractivity contribution in [1.82, 2.24) is 15.0 Å². The third-order valence-corrected chi connectivity index (χ3v) is 3.19. The number of rotatable bonds is 4. The van der Waals surface area contributed by atoms with Gasteiger partial charge in [-0.2, -0.15) is 15.0 Å². The Labute approximate surface area is 125 Å². The molecule has 0 aliphatic rings. The molecule has 0 bridgehead atoms. The van der Waals surface area contributed by atoms with Gasteiger partial charge in [0.1, 0.15) is 0 Å². The number of anilines is 3. The van der Waals surface area contributed by atoms with E-state index in [1.54, 1.807) is 7.05 Å². The lowest BCUT2D eigenvalue weighted by Gasteiger charge is -2.10. The van der Waals surface area contributed by atoms with Crippen LogP contribution in [0.1, 0.15) is 12.5 Å². The lowest BCUT2D eigenvalue weighted by molar-refractivity contribution is 1.05. The topological polar surface area (TPSA) is 62.7 Å². The first-order valence-corrected chi connectivity index (χ1v) is 6.94. The first-order valence-electron chi connectivity index (χ1n) is 5.77. The van der Waals surface area contributed by atoms with Crippen molar-refractivity contribution in [2.75, 3.05) is 17.7 Å². The second-order valence-corrected chi connectivity index (χ2v) is 5.04. The molecule has 1 aromatic heterocycles. The predicted molar refractivity (Wildman–Crippen MR) is 81.2 cm³/mol. The molecule has 0 radical (unpaired) electrons. The predicted octanol–water partition coefficient (Wildman–Crippen LogP) is 3.64. The number of hydrogen-bond acceptors (Lipinski definition) is 5. The third-order valence-electron chi connectivity index (χ3n) is 2.53. The average molecular weight is 343 g/mol. The zero-order chi connectivity index (χ0) is 13.8. The molecule has 5 nitrogen and oxygen atoms in total. The molecule has 0 saturated heterocycles. The van der Waals surface area contributed by atoms with E-state index in [1.807, 2.05) is 12.1 Å². The van der Waals surface area contributed by atoms with Gasteiger partial charge in [0.15, 0.2) is 0 Å². The summed E-state index contributed by atoms with van der Waals surface area (Å²) in [6, 6.07) is 5.99. The second-order valence-electron chi connectivity index (χ2n) is 3.78. The maximum Gasteiger partial charge on any atom is 0.233 e. The van der Waals surface area contributed by atoms with Gasteiger partial charge in [-0.3, -0.25) is 0 Å². The number of aryl methyl sites for hydroxylation is 1. The molecule has 7 heteroatoms. The van der Waals surface area contributed by atoms with E-state index in [2.05, 4.69) is 54.5 Å². The molecule has 1 heterocycles. The van der Waals surface area contributed by atoms with Gasteiger partial charge in [-0.05, 0) is 41.8 Å². The minimum absolute atomic E-state index is 0.150. The summed E-state index contributed by atoms with van der Waals surface area (Å²) in [6.07, 6.45) is 0.902. The van der Waals surface area contributed by atoms with E-state index in [4.69, 9.17) is 11.6 Å². The Hall–Kier alpha value is -1.40. The molecule has 2 aromatic rings. The van der Waals surface area contributed by atoms with E-state index in [0.29, 0.717) is 11.9 Å². The SMILES string of the molecule is CCc1cc(Br)ccc1Nc1nc(Cl)nc(NC)n1. The van der Waals surface area contributed by atoms with Crippen LogP contribution in [0.15, 0.2) is 22.7 Å². The summed E-state index contributed by atoms with van der Waals surface area (Å²) in [7, 11) is 1.73. The molecule has 0 spiro atoms. The van der Waals surface area contributed by atoms with Crippen LogP contribution in [0.4, 0.5) is 17.6 Å². The smallest absolute Gasteiger partial charge is 0.233 e. The first kappa shape index (κ1) is 14.0.